The maximum absolute atomic E-state index is 11.7. The molecule has 8 nitrogen and oxygen atoms in total. The van der Waals surface area contributed by atoms with Crippen LogP contribution in [0.1, 0.15) is 12.0 Å². The first kappa shape index (κ1) is 16.8. The molecule has 0 bridgehead atoms. The predicted octanol–water partition coefficient (Wildman–Crippen LogP) is -0.600. The Hall–Kier alpha value is -1.55. The standard InChI is InChI=1S/C13H21N5O3S/c1-22-7-13(21,2-3-19)6-15-4-8-5-16-10-9(8)17-12(14)18-11(10)20/h5,15-16,19,21H,2-4,6-7H2,1H3,(H3,14,17,18,20). The van der Waals surface area contributed by atoms with Crippen LogP contribution in [0.3, 0.4) is 0 Å². The quantitative estimate of drug-likeness (QED) is 0.380. The van der Waals surface area contributed by atoms with Gasteiger partial charge in [-0.05, 0) is 6.26 Å². The molecule has 0 fully saturated rings. The number of nitrogen functional groups attached to an aromatic ring is 1. The van der Waals surface area contributed by atoms with Crippen LogP contribution < -0.4 is 16.6 Å². The Bertz CT molecular complexity index is 678. The Kier molecular flexibility index (Phi) is 5.46. The summed E-state index contributed by atoms with van der Waals surface area (Å²) in [5, 5.41) is 22.6. The largest absolute Gasteiger partial charge is 0.396 e. The van der Waals surface area contributed by atoms with E-state index in [4.69, 9.17) is 10.8 Å². The number of aliphatic hydroxyl groups excluding tert-OH is 1. The fourth-order valence-electron chi connectivity index (χ4n) is 2.34. The fourth-order valence-corrected chi connectivity index (χ4v) is 3.12. The molecule has 0 saturated carbocycles. The number of anilines is 1. The molecule has 122 valence electrons. The lowest BCUT2D eigenvalue weighted by molar-refractivity contribution is 0.0380. The van der Waals surface area contributed by atoms with Crippen LogP contribution >= 0.6 is 11.8 Å². The van der Waals surface area contributed by atoms with Crippen LogP contribution in [0.15, 0.2) is 11.0 Å². The second kappa shape index (κ2) is 7.14. The van der Waals surface area contributed by atoms with Crippen molar-refractivity contribution >= 4 is 28.7 Å². The van der Waals surface area contributed by atoms with E-state index in [0.717, 1.165) is 5.56 Å². The molecule has 1 atom stereocenters. The number of aromatic nitrogens is 3. The minimum absolute atomic E-state index is 0.0671. The van der Waals surface area contributed by atoms with E-state index in [1.54, 1.807) is 6.20 Å². The molecule has 7 N–H and O–H groups in total. The van der Waals surface area contributed by atoms with Gasteiger partial charge in [0.15, 0.2) is 0 Å². The fraction of sp³-hybridized carbons (Fsp3) is 0.538. The van der Waals surface area contributed by atoms with E-state index in [2.05, 4.69) is 20.3 Å². The second-order valence-electron chi connectivity index (χ2n) is 5.22. The highest BCUT2D eigenvalue weighted by atomic mass is 32.2. The Balaban J connectivity index is 2.07. The van der Waals surface area contributed by atoms with E-state index >= 15 is 0 Å². The molecule has 2 rings (SSSR count). The molecular formula is C13H21N5O3S. The summed E-state index contributed by atoms with van der Waals surface area (Å²) in [5.74, 6) is 0.594. The van der Waals surface area contributed by atoms with Gasteiger partial charge in [0.1, 0.15) is 11.0 Å². The summed E-state index contributed by atoms with van der Waals surface area (Å²) in [4.78, 5) is 21.1. The van der Waals surface area contributed by atoms with E-state index in [-0.39, 0.29) is 18.1 Å². The SMILES string of the molecule is CSCC(O)(CCO)CNCc1c[nH]c2c(=O)[nH]c(N)nc12. The summed E-state index contributed by atoms with van der Waals surface area (Å²) < 4.78 is 0. The lowest BCUT2D eigenvalue weighted by Crippen LogP contribution is -2.43. The van der Waals surface area contributed by atoms with E-state index in [1.807, 2.05) is 6.26 Å². The first-order valence-electron chi connectivity index (χ1n) is 6.88. The Labute approximate surface area is 131 Å². The summed E-state index contributed by atoms with van der Waals surface area (Å²) >= 11 is 1.52. The van der Waals surface area contributed by atoms with Crippen LogP contribution in [0.4, 0.5) is 5.95 Å². The summed E-state index contributed by atoms with van der Waals surface area (Å²) in [5.41, 5.74) is 5.97. The Morgan fingerprint density at radius 2 is 2.32 bits per heavy atom. The average molecular weight is 327 g/mol. The molecular weight excluding hydrogens is 306 g/mol. The van der Waals surface area contributed by atoms with Gasteiger partial charge in [-0.3, -0.25) is 9.78 Å². The van der Waals surface area contributed by atoms with Crippen LogP contribution in [0.2, 0.25) is 0 Å². The van der Waals surface area contributed by atoms with Crippen molar-refractivity contribution in [2.75, 3.05) is 30.9 Å². The van der Waals surface area contributed by atoms with Gasteiger partial charge in [-0.1, -0.05) is 0 Å². The molecule has 2 aromatic heterocycles. The van der Waals surface area contributed by atoms with E-state index in [1.165, 1.54) is 11.8 Å². The van der Waals surface area contributed by atoms with Crippen LogP contribution in [0, 0.1) is 0 Å². The molecule has 0 amide bonds. The van der Waals surface area contributed by atoms with Gasteiger partial charge in [0.25, 0.3) is 5.56 Å². The number of fused-ring (bicyclic) bond motifs is 1. The molecule has 0 aliphatic rings. The van der Waals surface area contributed by atoms with Crippen molar-refractivity contribution in [3.63, 3.8) is 0 Å². The summed E-state index contributed by atoms with van der Waals surface area (Å²) in [6.45, 7) is 0.692. The van der Waals surface area contributed by atoms with Gasteiger partial charge < -0.3 is 26.2 Å². The number of nitrogens with two attached hydrogens (primary N) is 1. The van der Waals surface area contributed by atoms with E-state index in [9.17, 15) is 9.90 Å². The molecule has 2 heterocycles. The van der Waals surface area contributed by atoms with Gasteiger partial charge in [0, 0.05) is 43.6 Å². The van der Waals surface area contributed by atoms with Crippen molar-refractivity contribution in [3.05, 3.63) is 22.1 Å². The highest BCUT2D eigenvalue weighted by Crippen LogP contribution is 2.16. The third-order valence-corrected chi connectivity index (χ3v) is 4.22. The molecule has 0 saturated heterocycles. The maximum atomic E-state index is 11.7. The summed E-state index contributed by atoms with van der Waals surface area (Å²) in [6, 6.07) is 0. The van der Waals surface area contributed by atoms with Gasteiger partial charge in [-0.15, -0.1) is 0 Å². The van der Waals surface area contributed by atoms with E-state index < -0.39 is 5.60 Å². The minimum atomic E-state index is -0.968. The monoisotopic (exact) mass is 327 g/mol. The van der Waals surface area contributed by atoms with E-state index in [0.29, 0.717) is 36.3 Å². The minimum Gasteiger partial charge on any atom is -0.396 e. The number of thioether (sulfide) groups is 1. The molecule has 2 aromatic rings. The van der Waals surface area contributed by atoms with Crippen molar-refractivity contribution in [2.45, 2.75) is 18.6 Å². The molecule has 0 spiro atoms. The predicted molar refractivity (Wildman–Crippen MR) is 87.9 cm³/mol. The average Bonchev–Trinajstić information content (AvgIpc) is 2.83. The second-order valence-corrected chi connectivity index (χ2v) is 6.09. The van der Waals surface area contributed by atoms with Gasteiger partial charge >= 0.3 is 0 Å². The van der Waals surface area contributed by atoms with Crippen molar-refractivity contribution in [2.24, 2.45) is 0 Å². The number of hydrogen-bond acceptors (Lipinski definition) is 7. The Morgan fingerprint density at radius 1 is 1.55 bits per heavy atom. The number of aromatic amines is 2. The number of aliphatic hydroxyl groups is 2. The summed E-state index contributed by atoms with van der Waals surface area (Å²) in [6.07, 6.45) is 3.90. The third kappa shape index (κ3) is 3.80. The number of hydrogen-bond donors (Lipinski definition) is 6. The highest BCUT2D eigenvalue weighted by Gasteiger charge is 2.25. The van der Waals surface area contributed by atoms with Gasteiger partial charge in [-0.2, -0.15) is 11.8 Å². The van der Waals surface area contributed by atoms with Crippen LogP contribution in [-0.2, 0) is 6.54 Å². The Morgan fingerprint density at radius 3 is 3.00 bits per heavy atom. The maximum Gasteiger partial charge on any atom is 0.276 e. The van der Waals surface area contributed by atoms with Crippen LogP contribution in [0.25, 0.3) is 11.0 Å². The van der Waals surface area contributed by atoms with Crippen molar-refractivity contribution in [1.29, 1.82) is 0 Å². The molecule has 0 radical (unpaired) electrons. The number of nitrogens with one attached hydrogen (secondary N) is 3. The van der Waals surface area contributed by atoms with Gasteiger partial charge in [0.2, 0.25) is 5.95 Å². The molecule has 22 heavy (non-hydrogen) atoms. The van der Waals surface area contributed by atoms with Crippen molar-refractivity contribution in [1.82, 2.24) is 20.3 Å². The molecule has 1 unspecified atom stereocenters. The first-order chi connectivity index (χ1) is 10.5. The smallest absolute Gasteiger partial charge is 0.276 e. The van der Waals surface area contributed by atoms with Gasteiger partial charge in [-0.25, -0.2) is 4.98 Å². The zero-order chi connectivity index (χ0) is 16.2. The molecule has 9 heteroatoms. The molecule has 0 aliphatic carbocycles. The van der Waals surface area contributed by atoms with Crippen molar-refractivity contribution in [3.8, 4) is 0 Å². The summed E-state index contributed by atoms with van der Waals surface area (Å²) in [7, 11) is 0. The van der Waals surface area contributed by atoms with Crippen molar-refractivity contribution < 1.29 is 10.2 Å². The highest BCUT2D eigenvalue weighted by molar-refractivity contribution is 7.98. The third-order valence-electron chi connectivity index (χ3n) is 3.39. The first-order valence-corrected chi connectivity index (χ1v) is 8.27. The molecule has 0 aromatic carbocycles. The zero-order valence-corrected chi connectivity index (χ0v) is 13.2. The zero-order valence-electron chi connectivity index (χ0n) is 12.3. The lowest BCUT2D eigenvalue weighted by atomic mass is 10.0. The lowest BCUT2D eigenvalue weighted by Gasteiger charge is -2.27. The normalized spacial score (nSPS) is 14.3. The molecule has 0 aliphatic heterocycles. The van der Waals surface area contributed by atoms with Gasteiger partial charge in [0.05, 0.1) is 5.60 Å². The number of rotatable bonds is 8. The number of H-pyrrole nitrogens is 2. The van der Waals surface area contributed by atoms with Crippen LogP contribution in [-0.4, -0.2) is 55.9 Å². The topological polar surface area (TPSA) is 140 Å². The van der Waals surface area contributed by atoms with Crippen LogP contribution in [0.5, 0.6) is 0 Å². The number of nitrogens with zero attached hydrogens (tertiary/aromatic N) is 1.